The molecule has 36 heavy (non-hydrogen) atoms. The molecule has 12 nitrogen and oxygen atoms in total. The summed E-state index contributed by atoms with van der Waals surface area (Å²) in [4.78, 5) is 16.4. The van der Waals surface area contributed by atoms with Crippen LogP contribution in [0.15, 0.2) is 30.3 Å². The number of carbonyl (C=O) groups is 1. The molecule has 190 valence electrons. The smallest absolute Gasteiger partial charge is 0.254 e. The number of methoxy groups -OCH3 is 1. The molecule has 12 heteroatoms. The molecule has 0 saturated carbocycles. The third kappa shape index (κ3) is 4.12. The minimum Gasteiger partial charge on any atom is -0.492 e. The number of aromatic nitrogens is 4. The number of tetrazole rings is 1. The molecule has 5 rings (SSSR count). The molecule has 0 bridgehead atoms. The molecule has 0 saturated heterocycles. The van der Waals surface area contributed by atoms with Gasteiger partial charge in [-0.15, -0.1) is 5.10 Å². The van der Waals surface area contributed by atoms with Gasteiger partial charge >= 0.3 is 0 Å². The minimum atomic E-state index is -0.306. The monoisotopic (exact) mass is 496 g/mol. The summed E-state index contributed by atoms with van der Waals surface area (Å²) in [6.07, 6.45) is 0.811. The Labute approximate surface area is 207 Å². The molecule has 2 aliphatic heterocycles. The zero-order valence-corrected chi connectivity index (χ0v) is 20.1. The fourth-order valence-electron chi connectivity index (χ4n) is 4.79. The Hall–Kier alpha value is -3.74. The quantitative estimate of drug-likeness (QED) is 0.451. The fraction of sp³-hybridized carbons (Fsp3) is 0.417. The number of hydrogen-bond acceptors (Lipinski definition) is 10. The Morgan fingerprint density at radius 3 is 2.64 bits per heavy atom. The number of ether oxygens (including phenoxy) is 3. The van der Waals surface area contributed by atoms with Crippen molar-refractivity contribution in [2.45, 2.75) is 12.5 Å². The summed E-state index contributed by atoms with van der Waals surface area (Å²) in [6.45, 7) is 0.853. The molecule has 1 unspecified atom stereocenters. The van der Waals surface area contributed by atoms with Gasteiger partial charge in [-0.3, -0.25) is 9.69 Å². The third-order valence-corrected chi connectivity index (χ3v) is 6.52. The van der Waals surface area contributed by atoms with Gasteiger partial charge in [0.05, 0.1) is 26.0 Å². The number of aliphatic hydroxyl groups excluding tert-OH is 2. The summed E-state index contributed by atoms with van der Waals surface area (Å²) in [6, 6.07) is 8.59. The van der Waals surface area contributed by atoms with E-state index in [-0.39, 0.29) is 45.0 Å². The maximum Gasteiger partial charge on any atom is 0.254 e. The van der Waals surface area contributed by atoms with E-state index in [2.05, 4.69) is 20.4 Å². The first-order valence-electron chi connectivity index (χ1n) is 11.7. The molecule has 1 aromatic heterocycles. The lowest BCUT2D eigenvalue weighted by atomic mass is 9.90. The first-order valence-corrected chi connectivity index (χ1v) is 11.7. The molecular formula is C24H28N6O6. The Morgan fingerprint density at radius 1 is 1.19 bits per heavy atom. The normalized spacial score (nSPS) is 16.6. The van der Waals surface area contributed by atoms with Crippen molar-refractivity contribution in [2.75, 3.05) is 53.8 Å². The lowest BCUT2D eigenvalue weighted by Gasteiger charge is -2.34. The van der Waals surface area contributed by atoms with Crippen molar-refractivity contribution in [1.29, 1.82) is 0 Å². The number of aliphatic hydroxyl groups is 2. The van der Waals surface area contributed by atoms with Crippen LogP contribution in [0, 0.1) is 0 Å². The molecule has 2 aliphatic rings. The number of amides is 1. The summed E-state index contributed by atoms with van der Waals surface area (Å²) >= 11 is 0. The topological polar surface area (TPSA) is 135 Å². The lowest BCUT2D eigenvalue weighted by molar-refractivity contribution is 0.0685. The highest BCUT2D eigenvalue weighted by Crippen LogP contribution is 2.50. The SMILES string of the molecule is COc1c2c(cc3c1C(c1nnnn1-c1ccc(C(=O)N(CCO)CCO)cc1)N(C)CC3)OCO2. The second-order valence-corrected chi connectivity index (χ2v) is 8.58. The van der Waals surface area contributed by atoms with Crippen LogP contribution in [0.2, 0.25) is 0 Å². The summed E-state index contributed by atoms with van der Waals surface area (Å²) in [5.41, 5.74) is 3.14. The van der Waals surface area contributed by atoms with E-state index in [9.17, 15) is 15.0 Å². The maximum atomic E-state index is 12.8. The summed E-state index contributed by atoms with van der Waals surface area (Å²) in [5.74, 6) is 2.18. The van der Waals surface area contributed by atoms with E-state index in [4.69, 9.17) is 14.2 Å². The van der Waals surface area contributed by atoms with Crippen molar-refractivity contribution < 1.29 is 29.2 Å². The molecule has 3 aromatic rings. The zero-order chi connectivity index (χ0) is 25.2. The van der Waals surface area contributed by atoms with E-state index < -0.39 is 0 Å². The van der Waals surface area contributed by atoms with Gasteiger partial charge in [-0.05, 0) is 59.8 Å². The zero-order valence-electron chi connectivity index (χ0n) is 20.1. The predicted molar refractivity (Wildman–Crippen MR) is 127 cm³/mol. The highest BCUT2D eigenvalue weighted by Gasteiger charge is 2.37. The number of benzene rings is 2. The summed E-state index contributed by atoms with van der Waals surface area (Å²) in [7, 11) is 3.62. The van der Waals surface area contributed by atoms with Gasteiger partial charge in [0.1, 0.15) is 6.04 Å². The number of carbonyl (C=O) groups excluding carboxylic acids is 1. The second-order valence-electron chi connectivity index (χ2n) is 8.58. The van der Waals surface area contributed by atoms with Gasteiger partial charge < -0.3 is 29.3 Å². The van der Waals surface area contributed by atoms with Crippen molar-refractivity contribution in [2.24, 2.45) is 0 Å². The number of fused-ring (bicyclic) bond motifs is 2. The molecule has 1 atom stereocenters. The molecule has 0 aliphatic carbocycles. The molecule has 0 fully saturated rings. The lowest BCUT2D eigenvalue weighted by Crippen LogP contribution is -2.36. The van der Waals surface area contributed by atoms with Crippen LogP contribution in [-0.4, -0.2) is 99.9 Å². The van der Waals surface area contributed by atoms with Crippen LogP contribution in [0.1, 0.15) is 33.4 Å². The highest BCUT2D eigenvalue weighted by atomic mass is 16.7. The number of rotatable bonds is 8. The Balaban J connectivity index is 1.51. The molecule has 0 radical (unpaired) electrons. The van der Waals surface area contributed by atoms with Gasteiger partial charge in [0.25, 0.3) is 5.91 Å². The number of likely N-dealkylation sites (N-methyl/N-ethyl adjacent to an activating group) is 1. The molecule has 2 aromatic carbocycles. The van der Waals surface area contributed by atoms with E-state index in [1.54, 1.807) is 36.1 Å². The Bertz CT molecular complexity index is 1240. The minimum absolute atomic E-state index is 0.145. The number of nitrogens with zero attached hydrogens (tertiary/aromatic N) is 6. The van der Waals surface area contributed by atoms with Gasteiger partial charge in [0, 0.05) is 30.8 Å². The van der Waals surface area contributed by atoms with Crippen LogP contribution in [0.5, 0.6) is 17.2 Å². The van der Waals surface area contributed by atoms with Crippen molar-refractivity contribution in [3.63, 3.8) is 0 Å². The Kier molecular flexibility index (Phi) is 6.72. The average Bonchev–Trinajstić information content (AvgIpc) is 3.57. The van der Waals surface area contributed by atoms with E-state index in [0.717, 1.165) is 24.1 Å². The van der Waals surface area contributed by atoms with Gasteiger partial charge in [0.2, 0.25) is 12.5 Å². The van der Waals surface area contributed by atoms with E-state index in [1.807, 2.05) is 13.1 Å². The standard InChI is InChI=1S/C24H28N6O6/c1-28-8-7-16-13-18-21(36-14-35-18)22(34-2)19(16)20(28)23-25-26-27-30(23)17-5-3-15(4-6-17)24(33)29(9-11-31)10-12-32/h3-6,13,20,31-32H,7-12,14H2,1-2H3. The van der Waals surface area contributed by atoms with Crippen molar-refractivity contribution >= 4 is 5.91 Å². The molecule has 3 heterocycles. The van der Waals surface area contributed by atoms with Crippen LogP contribution in [0.25, 0.3) is 5.69 Å². The van der Waals surface area contributed by atoms with Crippen molar-refractivity contribution in [3.05, 3.63) is 52.8 Å². The molecule has 0 spiro atoms. The molecular weight excluding hydrogens is 468 g/mol. The van der Waals surface area contributed by atoms with Crippen LogP contribution < -0.4 is 14.2 Å². The average molecular weight is 497 g/mol. The van der Waals surface area contributed by atoms with Gasteiger partial charge in [-0.1, -0.05) is 0 Å². The van der Waals surface area contributed by atoms with Gasteiger partial charge in [0.15, 0.2) is 17.3 Å². The first kappa shape index (κ1) is 24.0. The largest absolute Gasteiger partial charge is 0.492 e. The van der Waals surface area contributed by atoms with Crippen LogP contribution in [0.4, 0.5) is 0 Å². The summed E-state index contributed by atoms with van der Waals surface area (Å²) in [5, 5.41) is 31.0. The van der Waals surface area contributed by atoms with Gasteiger partial charge in [-0.25, -0.2) is 0 Å². The summed E-state index contributed by atoms with van der Waals surface area (Å²) < 4.78 is 18.8. The fourth-order valence-corrected chi connectivity index (χ4v) is 4.79. The third-order valence-electron chi connectivity index (χ3n) is 6.52. The number of hydrogen-bond donors (Lipinski definition) is 2. The Morgan fingerprint density at radius 2 is 1.94 bits per heavy atom. The first-order chi connectivity index (χ1) is 17.6. The van der Waals surface area contributed by atoms with Crippen LogP contribution >= 0.6 is 0 Å². The highest BCUT2D eigenvalue weighted by molar-refractivity contribution is 5.94. The van der Waals surface area contributed by atoms with Crippen molar-refractivity contribution in [3.8, 4) is 22.9 Å². The van der Waals surface area contributed by atoms with E-state index >= 15 is 0 Å². The molecule has 1 amide bonds. The van der Waals surface area contributed by atoms with Crippen molar-refractivity contribution in [1.82, 2.24) is 30.0 Å². The predicted octanol–water partition coefficient (Wildman–Crippen LogP) is 0.404. The van der Waals surface area contributed by atoms with Gasteiger partial charge in [-0.2, -0.15) is 4.68 Å². The van der Waals surface area contributed by atoms with Crippen LogP contribution in [-0.2, 0) is 6.42 Å². The second kappa shape index (κ2) is 10.1. The van der Waals surface area contributed by atoms with E-state index in [0.29, 0.717) is 34.3 Å². The molecule has 2 N–H and O–H groups in total. The maximum absolute atomic E-state index is 12.8. The van der Waals surface area contributed by atoms with Crippen LogP contribution in [0.3, 0.4) is 0 Å². The van der Waals surface area contributed by atoms with E-state index in [1.165, 1.54) is 4.90 Å².